The van der Waals surface area contributed by atoms with Crippen molar-refractivity contribution in [2.75, 3.05) is 26.2 Å². The number of likely N-dealkylation sites (tertiary alicyclic amines) is 1. The maximum atomic E-state index is 4.71. The average Bonchev–Trinajstić information content (AvgIpc) is 2.93. The van der Waals surface area contributed by atoms with E-state index in [0.717, 1.165) is 19.0 Å². The molecule has 0 atom stereocenters. The summed E-state index contributed by atoms with van der Waals surface area (Å²) in [5, 5.41) is 6.96. The molecular formula is C17H31N5. The van der Waals surface area contributed by atoms with E-state index >= 15 is 0 Å². The first-order valence-corrected chi connectivity index (χ1v) is 8.59. The Hall–Kier alpha value is -1.49. The van der Waals surface area contributed by atoms with Gasteiger partial charge >= 0.3 is 0 Å². The second-order valence-electron chi connectivity index (χ2n) is 6.14. The van der Waals surface area contributed by atoms with Crippen molar-refractivity contribution < 1.29 is 0 Å². The van der Waals surface area contributed by atoms with Gasteiger partial charge in [0.25, 0.3) is 0 Å². The zero-order valence-electron chi connectivity index (χ0n) is 14.3. The molecule has 1 aliphatic heterocycles. The zero-order chi connectivity index (χ0) is 15.8. The molecule has 2 rings (SSSR count). The van der Waals surface area contributed by atoms with Crippen LogP contribution in [0.1, 0.15) is 38.7 Å². The number of hydrogen-bond acceptors (Lipinski definition) is 2. The second-order valence-corrected chi connectivity index (χ2v) is 6.14. The molecule has 0 radical (unpaired) electrons. The number of aromatic nitrogens is 1. The van der Waals surface area contributed by atoms with Crippen molar-refractivity contribution in [3.8, 4) is 0 Å². The van der Waals surface area contributed by atoms with Crippen LogP contribution in [0.3, 0.4) is 0 Å². The van der Waals surface area contributed by atoms with Crippen molar-refractivity contribution in [3.05, 3.63) is 24.0 Å². The molecule has 1 fully saturated rings. The van der Waals surface area contributed by atoms with Gasteiger partial charge in [-0.1, -0.05) is 6.92 Å². The van der Waals surface area contributed by atoms with Crippen LogP contribution in [0.4, 0.5) is 0 Å². The molecule has 0 unspecified atom stereocenters. The fourth-order valence-electron chi connectivity index (χ4n) is 2.96. The molecule has 0 aromatic carbocycles. The Balaban J connectivity index is 1.83. The summed E-state index contributed by atoms with van der Waals surface area (Å²) in [6.45, 7) is 9.62. The number of rotatable bonds is 6. The van der Waals surface area contributed by atoms with Crippen LogP contribution in [-0.2, 0) is 13.6 Å². The first kappa shape index (κ1) is 16.9. The highest BCUT2D eigenvalue weighted by Crippen LogP contribution is 2.10. The fourth-order valence-corrected chi connectivity index (χ4v) is 2.96. The van der Waals surface area contributed by atoms with Crippen molar-refractivity contribution in [2.45, 2.75) is 45.7 Å². The first-order chi connectivity index (χ1) is 10.7. The molecule has 2 heterocycles. The summed E-state index contributed by atoms with van der Waals surface area (Å²) in [6.07, 6.45) is 7.84. The quantitative estimate of drug-likeness (QED) is 0.624. The summed E-state index contributed by atoms with van der Waals surface area (Å²) in [4.78, 5) is 7.28. The van der Waals surface area contributed by atoms with Crippen LogP contribution < -0.4 is 10.6 Å². The Morgan fingerprint density at radius 1 is 1.32 bits per heavy atom. The molecule has 1 aromatic rings. The number of nitrogens with zero attached hydrogens (tertiary/aromatic N) is 3. The number of aliphatic imine (C=N–C) groups is 1. The lowest BCUT2D eigenvalue weighted by Crippen LogP contribution is -2.48. The Kier molecular flexibility index (Phi) is 6.77. The van der Waals surface area contributed by atoms with Crippen molar-refractivity contribution >= 4 is 5.96 Å². The molecule has 1 saturated heterocycles. The van der Waals surface area contributed by atoms with Gasteiger partial charge in [0.2, 0.25) is 0 Å². The summed E-state index contributed by atoms with van der Waals surface area (Å²) in [6, 6.07) is 2.66. The van der Waals surface area contributed by atoms with Crippen LogP contribution in [0, 0.1) is 0 Å². The topological polar surface area (TPSA) is 44.6 Å². The summed E-state index contributed by atoms with van der Waals surface area (Å²) in [7, 11) is 2.04. The third-order valence-corrected chi connectivity index (χ3v) is 4.13. The van der Waals surface area contributed by atoms with E-state index in [1.54, 1.807) is 0 Å². The van der Waals surface area contributed by atoms with Crippen molar-refractivity contribution in [2.24, 2.45) is 12.0 Å². The molecule has 1 aromatic heterocycles. The van der Waals surface area contributed by atoms with Crippen LogP contribution >= 0.6 is 0 Å². The highest BCUT2D eigenvalue weighted by molar-refractivity contribution is 5.80. The maximum Gasteiger partial charge on any atom is 0.191 e. The van der Waals surface area contributed by atoms with Crippen LogP contribution in [0.25, 0.3) is 0 Å². The highest BCUT2D eigenvalue weighted by atomic mass is 15.2. The number of nitrogens with one attached hydrogen (secondary N) is 2. The minimum Gasteiger partial charge on any atom is -0.357 e. The van der Waals surface area contributed by atoms with Crippen molar-refractivity contribution in [3.63, 3.8) is 0 Å². The van der Waals surface area contributed by atoms with Gasteiger partial charge in [-0.05, 0) is 44.4 Å². The molecule has 5 heteroatoms. The largest absolute Gasteiger partial charge is 0.357 e. The third-order valence-electron chi connectivity index (χ3n) is 4.13. The first-order valence-electron chi connectivity index (χ1n) is 8.59. The summed E-state index contributed by atoms with van der Waals surface area (Å²) < 4.78 is 2.06. The van der Waals surface area contributed by atoms with E-state index < -0.39 is 0 Å². The van der Waals surface area contributed by atoms with Gasteiger partial charge < -0.3 is 20.1 Å². The van der Waals surface area contributed by atoms with E-state index in [-0.39, 0.29) is 0 Å². The van der Waals surface area contributed by atoms with E-state index in [2.05, 4.69) is 52.4 Å². The number of hydrogen-bond donors (Lipinski definition) is 2. The van der Waals surface area contributed by atoms with Crippen LogP contribution in [0.5, 0.6) is 0 Å². The Bertz CT molecular complexity index is 457. The van der Waals surface area contributed by atoms with E-state index in [9.17, 15) is 0 Å². The highest BCUT2D eigenvalue weighted by Gasteiger charge is 2.19. The Morgan fingerprint density at radius 3 is 2.68 bits per heavy atom. The van der Waals surface area contributed by atoms with Gasteiger partial charge in [-0.2, -0.15) is 0 Å². The average molecular weight is 305 g/mol. The summed E-state index contributed by atoms with van der Waals surface area (Å²) in [5.41, 5.74) is 1.25. The monoisotopic (exact) mass is 305 g/mol. The zero-order valence-corrected chi connectivity index (χ0v) is 14.3. The molecule has 0 amide bonds. The molecule has 0 saturated carbocycles. The number of guanidine groups is 1. The molecule has 124 valence electrons. The van der Waals surface area contributed by atoms with Crippen molar-refractivity contribution in [1.82, 2.24) is 20.1 Å². The van der Waals surface area contributed by atoms with Gasteiger partial charge in [-0.25, -0.2) is 4.99 Å². The van der Waals surface area contributed by atoms with Gasteiger partial charge in [-0.3, -0.25) is 0 Å². The van der Waals surface area contributed by atoms with E-state index in [1.807, 2.05) is 7.05 Å². The predicted molar refractivity (Wildman–Crippen MR) is 93.1 cm³/mol. The van der Waals surface area contributed by atoms with Crippen LogP contribution in [0.15, 0.2) is 23.5 Å². The molecule has 0 bridgehead atoms. The van der Waals surface area contributed by atoms with E-state index in [4.69, 9.17) is 4.99 Å². The number of piperidine rings is 1. The lowest BCUT2D eigenvalue weighted by atomic mass is 10.1. The molecule has 0 aliphatic carbocycles. The number of aryl methyl sites for hydroxylation is 1. The van der Waals surface area contributed by atoms with Gasteiger partial charge in [0, 0.05) is 45.1 Å². The molecule has 2 N–H and O–H groups in total. The fraction of sp³-hybridized carbons (Fsp3) is 0.706. The third kappa shape index (κ3) is 5.37. The SMILES string of the molecule is CCCN1CCC(NC(=NCc2ccn(C)c2)NCC)CC1. The molecule has 22 heavy (non-hydrogen) atoms. The molecule has 0 spiro atoms. The second kappa shape index (κ2) is 8.83. The predicted octanol–water partition coefficient (Wildman–Crippen LogP) is 1.95. The molecular weight excluding hydrogens is 274 g/mol. The maximum absolute atomic E-state index is 4.71. The van der Waals surface area contributed by atoms with Gasteiger partial charge in [0.15, 0.2) is 5.96 Å². The van der Waals surface area contributed by atoms with Gasteiger partial charge in [-0.15, -0.1) is 0 Å². The minimum atomic E-state index is 0.543. The van der Waals surface area contributed by atoms with Gasteiger partial charge in [0.05, 0.1) is 6.54 Å². The van der Waals surface area contributed by atoms with Crippen molar-refractivity contribution in [1.29, 1.82) is 0 Å². The summed E-state index contributed by atoms with van der Waals surface area (Å²) in [5.74, 6) is 0.945. The minimum absolute atomic E-state index is 0.543. The van der Waals surface area contributed by atoms with Crippen LogP contribution in [-0.4, -0.2) is 47.6 Å². The standard InChI is InChI=1S/C17H31N5/c1-4-9-22-11-7-16(8-12-22)20-17(18-5-2)19-13-15-6-10-21(3)14-15/h6,10,14,16H,4-5,7-9,11-13H2,1-3H3,(H2,18,19,20). The lowest BCUT2D eigenvalue weighted by Gasteiger charge is -2.32. The Morgan fingerprint density at radius 2 is 2.09 bits per heavy atom. The van der Waals surface area contributed by atoms with E-state index in [1.165, 1.54) is 44.5 Å². The Labute approximate surface area is 134 Å². The molecule has 1 aliphatic rings. The lowest BCUT2D eigenvalue weighted by molar-refractivity contribution is 0.206. The normalized spacial score (nSPS) is 17.7. The summed E-state index contributed by atoms with van der Waals surface area (Å²) >= 11 is 0. The smallest absolute Gasteiger partial charge is 0.191 e. The van der Waals surface area contributed by atoms with Crippen LogP contribution in [0.2, 0.25) is 0 Å². The molecule has 5 nitrogen and oxygen atoms in total. The van der Waals surface area contributed by atoms with Gasteiger partial charge in [0.1, 0.15) is 0 Å². The van der Waals surface area contributed by atoms with E-state index in [0.29, 0.717) is 6.04 Å².